The van der Waals surface area contributed by atoms with Crippen molar-refractivity contribution in [2.24, 2.45) is 0 Å². The largest absolute Gasteiger partial charge is 0.394 e. The van der Waals surface area contributed by atoms with Gasteiger partial charge < -0.3 is 15.3 Å². The number of carbonyl (C=O) groups is 3. The summed E-state index contributed by atoms with van der Waals surface area (Å²) in [4.78, 5) is 40.4. The SMILES string of the molecule is CC1(CO)CN(Cc2cccc3c2CN(C2CCC(=O)NC2=O)C3=O)CCN1. The van der Waals surface area contributed by atoms with E-state index in [0.717, 1.165) is 30.8 Å². The topological polar surface area (TPSA) is 102 Å². The molecule has 0 aromatic heterocycles. The first kappa shape index (κ1) is 19.0. The van der Waals surface area contributed by atoms with Gasteiger partial charge in [-0.25, -0.2) is 0 Å². The maximum absolute atomic E-state index is 12.9. The van der Waals surface area contributed by atoms with Crippen molar-refractivity contribution in [2.75, 3.05) is 26.2 Å². The minimum atomic E-state index is -0.595. The van der Waals surface area contributed by atoms with E-state index in [9.17, 15) is 19.5 Å². The van der Waals surface area contributed by atoms with E-state index in [1.165, 1.54) is 0 Å². The van der Waals surface area contributed by atoms with Crippen LogP contribution in [0, 0.1) is 0 Å². The number of fused-ring (bicyclic) bond motifs is 1. The van der Waals surface area contributed by atoms with Gasteiger partial charge in [0.25, 0.3) is 5.91 Å². The number of aliphatic hydroxyl groups excluding tert-OH is 1. The maximum atomic E-state index is 12.9. The van der Waals surface area contributed by atoms with Crippen LogP contribution in [0.5, 0.6) is 0 Å². The summed E-state index contributed by atoms with van der Waals surface area (Å²) >= 11 is 0. The van der Waals surface area contributed by atoms with Crippen molar-refractivity contribution in [3.8, 4) is 0 Å². The number of nitrogens with zero attached hydrogens (tertiary/aromatic N) is 2. The van der Waals surface area contributed by atoms with E-state index in [1.54, 1.807) is 4.90 Å². The fourth-order valence-corrected chi connectivity index (χ4v) is 4.42. The number of aliphatic hydroxyl groups is 1. The summed E-state index contributed by atoms with van der Waals surface area (Å²) in [6.07, 6.45) is 0.621. The number of rotatable bonds is 4. The molecule has 2 unspecified atom stereocenters. The smallest absolute Gasteiger partial charge is 0.255 e. The fraction of sp³-hybridized carbons (Fsp3) is 0.550. The number of hydrogen-bond acceptors (Lipinski definition) is 6. The molecule has 4 rings (SSSR count). The van der Waals surface area contributed by atoms with Crippen LogP contribution in [0.2, 0.25) is 0 Å². The molecular formula is C20H26N4O4. The Bertz CT molecular complexity index is 826. The van der Waals surface area contributed by atoms with Crippen LogP contribution in [0.1, 0.15) is 41.3 Å². The molecule has 0 radical (unpaired) electrons. The van der Waals surface area contributed by atoms with Crippen molar-refractivity contribution in [3.63, 3.8) is 0 Å². The van der Waals surface area contributed by atoms with Crippen molar-refractivity contribution in [2.45, 2.75) is 44.4 Å². The van der Waals surface area contributed by atoms with Crippen molar-refractivity contribution >= 4 is 17.7 Å². The minimum absolute atomic E-state index is 0.0676. The summed E-state index contributed by atoms with van der Waals surface area (Å²) in [6, 6.07) is 5.12. The number of carbonyl (C=O) groups excluding carboxylic acids is 3. The standard InChI is InChI=1S/C20H26N4O4/c1-20(12-25)11-23(8-7-21-20)9-13-3-2-4-14-15(13)10-24(19(14)28)16-5-6-17(26)22-18(16)27/h2-4,16,21,25H,5-12H2,1H3,(H,22,26,27). The summed E-state index contributed by atoms with van der Waals surface area (Å²) in [5, 5.41) is 15.3. The summed E-state index contributed by atoms with van der Waals surface area (Å²) in [6.45, 7) is 5.54. The molecule has 28 heavy (non-hydrogen) atoms. The monoisotopic (exact) mass is 386 g/mol. The van der Waals surface area contributed by atoms with Crippen LogP contribution in [0.3, 0.4) is 0 Å². The molecule has 150 valence electrons. The predicted octanol–water partition coefficient (Wildman–Crippen LogP) is -0.396. The van der Waals surface area contributed by atoms with Crippen LogP contribution in [-0.4, -0.2) is 70.4 Å². The Labute approximate surface area is 163 Å². The number of piperazine rings is 1. The minimum Gasteiger partial charge on any atom is -0.394 e. The van der Waals surface area contributed by atoms with Crippen LogP contribution in [0.25, 0.3) is 0 Å². The third-order valence-corrected chi connectivity index (χ3v) is 5.97. The lowest BCUT2D eigenvalue weighted by Crippen LogP contribution is -2.60. The summed E-state index contributed by atoms with van der Waals surface area (Å²) in [5.74, 6) is -0.816. The van der Waals surface area contributed by atoms with Gasteiger partial charge in [-0.05, 0) is 30.5 Å². The molecule has 0 aliphatic carbocycles. The average Bonchev–Trinajstić information content (AvgIpc) is 3.00. The molecule has 2 saturated heterocycles. The molecule has 3 amide bonds. The fourth-order valence-electron chi connectivity index (χ4n) is 4.42. The highest BCUT2D eigenvalue weighted by molar-refractivity contribution is 6.05. The van der Waals surface area contributed by atoms with E-state index in [0.29, 0.717) is 25.1 Å². The molecule has 0 bridgehead atoms. The molecule has 1 aromatic rings. The number of imide groups is 1. The Morgan fingerprint density at radius 3 is 2.86 bits per heavy atom. The molecule has 2 fully saturated rings. The Morgan fingerprint density at radius 1 is 1.29 bits per heavy atom. The van der Waals surface area contributed by atoms with Crippen molar-refractivity contribution in [3.05, 3.63) is 34.9 Å². The molecule has 2 atom stereocenters. The number of amides is 3. The number of piperidine rings is 1. The summed E-state index contributed by atoms with van der Waals surface area (Å²) in [5.41, 5.74) is 2.34. The molecule has 1 aromatic carbocycles. The van der Waals surface area contributed by atoms with Gasteiger partial charge >= 0.3 is 0 Å². The zero-order valence-corrected chi connectivity index (χ0v) is 16.0. The number of benzene rings is 1. The van der Waals surface area contributed by atoms with Crippen LogP contribution in [0.15, 0.2) is 18.2 Å². The zero-order chi connectivity index (χ0) is 19.9. The molecule has 8 nitrogen and oxygen atoms in total. The van der Waals surface area contributed by atoms with E-state index in [-0.39, 0.29) is 36.3 Å². The molecule has 3 aliphatic heterocycles. The highest BCUT2D eigenvalue weighted by Crippen LogP contribution is 2.30. The van der Waals surface area contributed by atoms with E-state index >= 15 is 0 Å². The number of hydrogen-bond donors (Lipinski definition) is 3. The lowest BCUT2D eigenvalue weighted by Gasteiger charge is -2.40. The van der Waals surface area contributed by atoms with Gasteiger partial charge in [0.05, 0.1) is 12.1 Å². The first-order valence-corrected chi connectivity index (χ1v) is 9.74. The average molecular weight is 386 g/mol. The van der Waals surface area contributed by atoms with E-state index in [1.807, 2.05) is 25.1 Å². The lowest BCUT2D eigenvalue weighted by molar-refractivity contribution is -0.136. The Morgan fingerprint density at radius 2 is 2.11 bits per heavy atom. The Hall–Kier alpha value is -2.29. The van der Waals surface area contributed by atoms with Gasteiger partial charge in [-0.3, -0.25) is 24.6 Å². The second-order valence-electron chi connectivity index (χ2n) is 8.20. The van der Waals surface area contributed by atoms with Gasteiger partial charge in [-0.15, -0.1) is 0 Å². The van der Waals surface area contributed by atoms with Crippen LogP contribution in [-0.2, 0) is 22.7 Å². The first-order valence-electron chi connectivity index (χ1n) is 9.74. The second-order valence-corrected chi connectivity index (χ2v) is 8.20. The summed E-state index contributed by atoms with van der Waals surface area (Å²) in [7, 11) is 0. The Kier molecular flexibility index (Phi) is 4.95. The molecule has 0 spiro atoms. The van der Waals surface area contributed by atoms with E-state index < -0.39 is 6.04 Å². The third-order valence-electron chi connectivity index (χ3n) is 5.97. The van der Waals surface area contributed by atoms with E-state index in [4.69, 9.17) is 0 Å². The van der Waals surface area contributed by atoms with E-state index in [2.05, 4.69) is 15.5 Å². The highest BCUT2D eigenvalue weighted by atomic mass is 16.3. The normalized spacial score (nSPS) is 28.4. The molecule has 3 aliphatic rings. The molecular weight excluding hydrogens is 360 g/mol. The molecule has 3 heterocycles. The summed E-state index contributed by atoms with van der Waals surface area (Å²) < 4.78 is 0. The van der Waals surface area contributed by atoms with Crippen LogP contribution in [0.4, 0.5) is 0 Å². The quantitative estimate of drug-likeness (QED) is 0.609. The first-order chi connectivity index (χ1) is 13.4. The van der Waals surface area contributed by atoms with Gasteiger partial charge in [0, 0.05) is 44.7 Å². The van der Waals surface area contributed by atoms with Gasteiger partial charge in [-0.2, -0.15) is 0 Å². The lowest BCUT2D eigenvalue weighted by atomic mass is 9.98. The third kappa shape index (κ3) is 3.43. The van der Waals surface area contributed by atoms with Gasteiger partial charge in [0.15, 0.2) is 0 Å². The predicted molar refractivity (Wildman–Crippen MR) is 101 cm³/mol. The molecule has 0 saturated carbocycles. The van der Waals surface area contributed by atoms with Crippen LogP contribution < -0.4 is 10.6 Å². The van der Waals surface area contributed by atoms with Gasteiger partial charge in [-0.1, -0.05) is 12.1 Å². The highest BCUT2D eigenvalue weighted by Gasteiger charge is 2.40. The molecule has 8 heteroatoms. The number of nitrogens with one attached hydrogen (secondary N) is 2. The second kappa shape index (κ2) is 7.27. The maximum Gasteiger partial charge on any atom is 0.255 e. The van der Waals surface area contributed by atoms with Crippen LogP contribution >= 0.6 is 0 Å². The Balaban J connectivity index is 1.53. The van der Waals surface area contributed by atoms with Crippen molar-refractivity contribution < 1.29 is 19.5 Å². The van der Waals surface area contributed by atoms with Crippen molar-refractivity contribution in [1.29, 1.82) is 0 Å². The van der Waals surface area contributed by atoms with Crippen molar-refractivity contribution in [1.82, 2.24) is 20.4 Å². The van der Waals surface area contributed by atoms with Gasteiger partial charge in [0.2, 0.25) is 11.8 Å². The zero-order valence-electron chi connectivity index (χ0n) is 16.0. The van der Waals surface area contributed by atoms with Gasteiger partial charge in [0.1, 0.15) is 6.04 Å². The molecule has 3 N–H and O–H groups in total.